The summed E-state index contributed by atoms with van der Waals surface area (Å²) in [6.45, 7) is 5.58. The molecular weight excluding hydrogens is 343 g/mol. The zero-order chi connectivity index (χ0) is 19.0. The summed E-state index contributed by atoms with van der Waals surface area (Å²) in [5.41, 5.74) is 0.162. The third kappa shape index (κ3) is 9.34. The highest BCUT2D eigenvalue weighted by molar-refractivity contribution is 7.95. The first-order valence-corrected chi connectivity index (χ1v) is 10.3. The molecule has 1 unspecified atom stereocenters. The first kappa shape index (κ1) is 21.3. The average Bonchev–Trinajstić information content (AvgIpc) is 2.48. The molecule has 1 rings (SSSR count). The summed E-state index contributed by atoms with van der Waals surface area (Å²) in [6.07, 6.45) is 4.09. The van der Waals surface area contributed by atoms with Gasteiger partial charge in [-0.1, -0.05) is 12.1 Å². The summed E-state index contributed by atoms with van der Waals surface area (Å²) in [5, 5.41) is 5.43. The number of rotatable bonds is 7. The fraction of sp³-hybridized carbons (Fsp3) is 0.556. The Labute approximate surface area is 152 Å². The zero-order valence-corrected chi connectivity index (χ0v) is 16.3. The molecule has 2 amide bonds. The minimum atomic E-state index is -0.662. The molecule has 0 aromatic heterocycles. The molecule has 1 aromatic rings. The number of carbonyl (C=O) groups is 2. The van der Waals surface area contributed by atoms with E-state index in [1.165, 1.54) is 12.1 Å². The van der Waals surface area contributed by atoms with Crippen LogP contribution in [0.25, 0.3) is 0 Å². The van der Waals surface area contributed by atoms with Crippen LogP contribution < -0.4 is 10.6 Å². The number of halogens is 1. The Morgan fingerprint density at radius 3 is 2.32 bits per heavy atom. The molecule has 1 atom stereocenters. The van der Waals surface area contributed by atoms with Gasteiger partial charge in [-0.15, -0.1) is 0 Å². The van der Waals surface area contributed by atoms with Crippen molar-refractivity contribution in [2.75, 3.05) is 18.3 Å². The normalized spacial score (nSPS) is 12.6. The molecule has 0 spiro atoms. The van der Waals surface area contributed by atoms with Crippen molar-refractivity contribution in [1.82, 2.24) is 10.6 Å². The number of carbonyl (C=O) groups excluding carboxylic acids is 2. The van der Waals surface area contributed by atoms with E-state index in [2.05, 4.69) is 23.1 Å². The predicted molar refractivity (Wildman–Crippen MR) is 100 cm³/mol. The van der Waals surface area contributed by atoms with Gasteiger partial charge in [0.25, 0.3) is 0 Å². The van der Waals surface area contributed by atoms with Gasteiger partial charge in [0, 0.05) is 13.0 Å². The van der Waals surface area contributed by atoms with E-state index in [0.29, 0.717) is 6.42 Å². The Bertz CT molecular complexity index is 571. The summed E-state index contributed by atoms with van der Waals surface area (Å²) in [4.78, 5) is 24.4. The molecule has 0 fully saturated rings. The summed E-state index contributed by atoms with van der Waals surface area (Å²) >= 11 is 0. The van der Waals surface area contributed by atoms with Gasteiger partial charge in [0.05, 0.1) is 12.5 Å². The number of amides is 2. The van der Waals surface area contributed by atoms with E-state index in [1.54, 1.807) is 32.9 Å². The van der Waals surface area contributed by atoms with Crippen LogP contribution in [0.5, 0.6) is 0 Å². The lowest BCUT2D eigenvalue weighted by molar-refractivity contribution is -0.123. The third-order valence-corrected chi connectivity index (χ3v) is 4.25. The molecule has 0 bridgehead atoms. The van der Waals surface area contributed by atoms with Crippen LogP contribution in [-0.2, 0) is 27.0 Å². The Hall–Kier alpha value is -1.76. The summed E-state index contributed by atoms with van der Waals surface area (Å²) in [6, 6.07) is 5.25. The lowest BCUT2D eigenvalue weighted by Gasteiger charge is -2.23. The largest absolute Gasteiger partial charge is 0.444 e. The van der Waals surface area contributed by atoms with Crippen LogP contribution in [-0.4, -0.2) is 41.9 Å². The van der Waals surface area contributed by atoms with Crippen LogP contribution in [0, 0.1) is 5.82 Å². The maximum Gasteiger partial charge on any atom is 0.408 e. The highest BCUT2D eigenvalue weighted by Gasteiger charge is 2.25. The SMILES string of the molecule is C[S+](C)CCC(NC(=O)OC(C)(C)C)C(=O)NCc1ccc(F)cc1. The molecule has 0 saturated heterocycles. The van der Waals surface area contributed by atoms with E-state index >= 15 is 0 Å². The first-order chi connectivity index (χ1) is 11.6. The Morgan fingerprint density at radius 2 is 1.80 bits per heavy atom. The molecule has 0 heterocycles. The monoisotopic (exact) mass is 371 g/mol. The van der Waals surface area contributed by atoms with Gasteiger partial charge >= 0.3 is 6.09 Å². The van der Waals surface area contributed by atoms with E-state index < -0.39 is 17.7 Å². The van der Waals surface area contributed by atoms with E-state index in [1.807, 2.05) is 0 Å². The van der Waals surface area contributed by atoms with Gasteiger partial charge in [0.1, 0.15) is 23.2 Å². The van der Waals surface area contributed by atoms with Crippen molar-refractivity contribution >= 4 is 22.9 Å². The van der Waals surface area contributed by atoms with Crippen LogP contribution in [0.1, 0.15) is 32.8 Å². The van der Waals surface area contributed by atoms with Crippen LogP contribution in [0.3, 0.4) is 0 Å². The van der Waals surface area contributed by atoms with Gasteiger partial charge in [0.2, 0.25) is 5.91 Å². The quantitative estimate of drug-likeness (QED) is 0.724. The number of hydrogen-bond acceptors (Lipinski definition) is 3. The number of nitrogens with one attached hydrogen (secondary N) is 2. The number of hydrogen-bond donors (Lipinski definition) is 2. The number of benzene rings is 1. The van der Waals surface area contributed by atoms with Crippen LogP contribution in [0.15, 0.2) is 24.3 Å². The van der Waals surface area contributed by atoms with Crippen LogP contribution in [0.4, 0.5) is 9.18 Å². The fourth-order valence-corrected chi connectivity index (χ4v) is 2.69. The molecule has 0 aliphatic carbocycles. The Morgan fingerprint density at radius 1 is 1.20 bits per heavy atom. The van der Waals surface area contributed by atoms with Gasteiger partial charge in [-0.3, -0.25) is 4.79 Å². The van der Waals surface area contributed by atoms with Crippen molar-refractivity contribution in [3.8, 4) is 0 Å². The standard InChI is InChI=1S/C18H27FN2O3S/c1-18(2,3)24-17(23)21-15(10-11-25(4)5)16(22)20-12-13-6-8-14(19)9-7-13/h6-9,15H,10-12H2,1-5H3,(H-,20,21,22,23)/p+1. The number of ether oxygens (including phenoxy) is 1. The molecule has 0 aliphatic heterocycles. The van der Waals surface area contributed by atoms with Gasteiger partial charge in [-0.25, -0.2) is 9.18 Å². The second kappa shape index (κ2) is 9.65. The van der Waals surface area contributed by atoms with Crippen LogP contribution >= 0.6 is 0 Å². The molecule has 1 aromatic carbocycles. The molecule has 0 saturated carbocycles. The minimum Gasteiger partial charge on any atom is -0.444 e. The van der Waals surface area contributed by atoms with Crippen molar-refractivity contribution in [1.29, 1.82) is 0 Å². The van der Waals surface area contributed by atoms with Crippen molar-refractivity contribution < 1.29 is 18.7 Å². The summed E-state index contributed by atoms with van der Waals surface area (Å²) in [5.74, 6) is 0.225. The van der Waals surface area contributed by atoms with Gasteiger partial charge in [-0.05, 0) is 49.4 Å². The second-order valence-corrected chi connectivity index (χ2v) is 9.40. The maximum atomic E-state index is 12.9. The van der Waals surface area contributed by atoms with E-state index in [4.69, 9.17) is 4.74 Å². The fourth-order valence-electron chi connectivity index (χ4n) is 1.99. The molecule has 5 nitrogen and oxygen atoms in total. The minimum absolute atomic E-state index is 0.157. The second-order valence-electron chi connectivity index (χ2n) is 7.02. The molecule has 7 heteroatoms. The van der Waals surface area contributed by atoms with E-state index in [-0.39, 0.29) is 29.2 Å². The molecule has 25 heavy (non-hydrogen) atoms. The third-order valence-electron chi connectivity index (χ3n) is 3.20. The zero-order valence-electron chi connectivity index (χ0n) is 15.5. The van der Waals surface area contributed by atoms with Gasteiger partial charge in [0.15, 0.2) is 0 Å². The smallest absolute Gasteiger partial charge is 0.408 e. The topological polar surface area (TPSA) is 67.4 Å². The lowest BCUT2D eigenvalue weighted by Crippen LogP contribution is -2.48. The van der Waals surface area contributed by atoms with Crippen LogP contribution in [0.2, 0.25) is 0 Å². The lowest BCUT2D eigenvalue weighted by atomic mass is 10.2. The van der Waals surface area contributed by atoms with E-state index in [9.17, 15) is 14.0 Å². The van der Waals surface area contributed by atoms with Crippen molar-refractivity contribution in [3.63, 3.8) is 0 Å². The van der Waals surface area contributed by atoms with Gasteiger partial charge in [-0.2, -0.15) is 0 Å². The Kier molecular flexibility index (Phi) is 8.22. The average molecular weight is 371 g/mol. The number of alkyl carbamates (subject to hydrolysis) is 1. The summed E-state index contributed by atoms with van der Waals surface area (Å²) in [7, 11) is 0.157. The van der Waals surface area contributed by atoms with Gasteiger partial charge < -0.3 is 15.4 Å². The summed E-state index contributed by atoms with van der Waals surface area (Å²) < 4.78 is 18.2. The molecule has 2 N–H and O–H groups in total. The molecule has 140 valence electrons. The first-order valence-electron chi connectivity index (χ1n) is 8.12. The maximum absolute atomic E-state index is 12.9. The highest BCUT2D eigenvalue weighted by Crippen LogP contribution is 2.08. The molecule has 0 radical (unpaired) electrons. The Balaban J connectivity index is 2.64. The van der Waals surface area contributed by atoms with Crippen molar-refractivity contribution in [2.45, 2.75) is 45.4 Å². The van der Waals surface area contributed by atoms with E-state index in [0.717, 1.165) is 11.3 Å². The predicted octanol–water partition coefficient (Wildman–Crippen LogP) is 2.60. The highest BCUT2D eigenvalue weighted by atomic mass is 32.2. The van der Waals surface area contributed by atoms with Crippen molar-refractivity contribution in [3.05, 3.63) is 35.6 Å². The van der Waals surface area contributed by atoms with Crippen molar-refractivity contribution in [2.24, 2.45) is 0 Å². The molecular formula is C18H28FN2O3S+. The molecule has 0 aliphatic rings.